The maximum atomic E-state index is 2.37. The van der Waals surface area contributed by atoms with Gasteiger partial charge in [-0.2, -0.15) is 11.8 Å². The molecule has 0 atom stereocenters. The zero-order valence-corrected chi connectivity index (χ0v) is 4.63. The van der Waals surface area contributed by atoms with Gasteiger partial charge in [-0.15, -0.1) is 0 Å². The van der Waals surface area contributed by atoms with Gasteiger partial charge in [0.05, 0.1) is 13.1 Å². The van der Waals surface area contributed by atoms with Gasteiger partial charge in [0.25, 0.3) is 0 Å². The third-order valence-electron chi connectivity index (χ3n) is 0.933. The van der Waals surface area contributed by atoms with E-state index in [1.165, 1.54) is 24.6 Å². The van der Waals surface area contributed by atoms with Gasteiger partial charge in [-0.1, -0.05) is 0 Å². The number of quaternary nitrogens is 1. The Hall–Kier alpha value is 0.310. The van der Waals surface area contributed by atoms with Crippen LogP contribution >= 0.6 is 11.8 Å². The molecule has 2 heteroatoms. The predicted octanol–water partition coefficient (Wildman–Crippen LogP) is -0.703. The molecule has 1 saturated heterocycles. The second-order valence-electron chi connectivity index (χ2n) is 1.48. The minimum Gasteiger partial charge on any atom is -0.345 e. The predicted molar refractivity (Wildman–Crippen MR) is 29.0 cm³/mol. The van der Waals surface area contributed by atoms with Crippen LogP contribution in [0.25, 0.3) is 0 Å². The lowest BCUT2D eigenvalue weighted by atomic mass is 10.6. The fourth-order valence-corrected chi connectivity index (χ4v) is 1.45. The van der Waals surface area contributed by atoms with Crippen LogP contribution in [0, 0.1) is 0 Å². The third-order valence-corrected chi connectivity index (χ3v) is 1.98. The molecular formula is C4H10NS+. The molecule has 1 heterocycles. The molecule has 0 aromatic heterocycles. The molecule has 1 fully saturated rings. The van der Waals surface area contributed by atoms with E-state index in [2.05, 4.69) is 17.1 Å². The van der Waals surface area contributed by atoms with Crippen molar-refractivity contribution in [3.8, 4) is 0 Å². The van der Waals surface area contributed by atoms with Crippen LogP contribution in [0.5, 0.6) is 0 Å². The second kappa shape index (κ2) is 2.48. The van der Waals surface area contributed by atoms with Crippen LogP contribution in [0.15, 0.2) is 0 Å². The number of nitrogens with two attached hydrogens (primary N) is 1. The summed E-state index contributed by atoms with van der Waals surface area (Å²) in [6.07, 6.45) is 0. The first-order valence-corrected chi connectivity index (χ1v) is 3.55. The van der Waals surface area contributed by atoms with Crippen molar-refractivity contribution in [2.75, 3.05) is 24.6 Å². The van der Waals surface area contributed by atoms with Gasteiger partial charge in [0.15, 0.2) is 0 Å². The molecule has 36 valence electrons. The third kappa shape index (κ3) is 1.19. The molecule has 2 N–H and O–H groups in total. The number of hydrogen-bond acceptors (Lipinski definition) is 1. The van der Waals surface area contributed by atoms with Crippen LogP contribution in [-0.4, -0.2) is 24.6 Å². The van der Waals surface area contributed by atoms with Crippen molar-refractivity contribution in [2.45, 2.75) is 0 Å². The average Bonchev–Trinajstić information content (AvgIpc) is 1.72. The minimum atomic E-state index is 1.34. The monoisotopic (exact) mass is 104 g/mol. The molecule has 1 aliphatic heterocycles. The maximum Gasteiger partial charge on any atom is 0.0847 e. The normalized spacial score (nSPS) is 24.0. The molecule has 0 bridgehead atoms. The van der Waals surface area contributed by atoms with E-state index < -0.39 is 0 Å². The largest absolute Gasteiger partial charge is 0.345 e. The Balaban J connectivity index is 2.00. The summed E-state index contributed by atoms with van der Waals surface area (Å²) >= 11 is 2.06. The van der Waals surface area contributed by atoms with Crippen LogP contribution in [0.3, 0.4) is 0 Å². The molecule has 6 heavy (non-hydrogen) atoms. The van der Waals surface area contributed by atoms with Gasteiger partial charge in [0, 0.05) is 11.5 Å². The van der Waals surface area contributed by atoms with Crippen LogP contribution < -0.4 is 5.32 Å². The fourth-order valence-electron chi connectivity index (χ4n) is 0.580. The van der Waals surface area contributed by atoms with Crippen LogP contribution in [0.4, 0.5) is 0 Å². The highest BCUT2D eigenvalue weighted by Gasteiger charge is 1.97. The molecule has 1 aliphatic rings. The summed E-state index contributed by atoms with van der Waals surface area (Å²) in [5.74, 6) is 2.72. The average molecular weight is 104 g/mol. The Bertz CT molecular complexity index is 23.0. The highest BCUT2D eigenvalue weighted by molar-refractivity contribution is 7.99. The molecule has 0 spiro atoms. The molecule has 1 rings (SSSR count). The number of hydrogen-bond donors (Lipinski definition) is 1. The van der Waals surface area contributed by atoms with Gasteiger partial charge in [0.2, 0.25) is 0 Å². The quantitative estimate of drug-likeness (QED) is 0.430. The molecule has 0 aromatic rings. The highest BCUT2D eigenvalue weighted by Crippen LogP contribution is 1.95. The Kier molecular flexibility index (Phi) is 1.85. The minimum absolute atomic E-state index is 1.34. The maximum absolute atomic E-state index is 2.37. The lowest BCUT2D eigenvalue weighted by Gasteiger charge is -2.05. The fraction of sp³-hybridized carbons (Fsp3) is 1.00. The highest BCUT2D eigenvalue weighted by atomic mass is 32.2. The van der Waals surface area contributed by atoms with E-state index in [0.717, 1.165) is 0 Å². The van der Waals surface area contributed by atoms with Crippen molar-refractivity contribution in [1.29, 1.82) is 0 Å². The first-order valence-electron chi connectivity index (χ1n) is 2.39. The standard InChI is InChI=1S/C4H9NS/c1-3-6-4-2-5-1/h5H,1-4H2/p+1. The van der Waals surface area contributed by atoms with Crippen molar-refractivity contribution >= 4 is 11.8 Å². The Labute approximate surface area is 42.5 Å². The molecule has 0 saturated carbocycles. The van der Waals surface area contributed by atoms with Crippen LogP contribution in [0.2, 0.25) is 0 Å². The van der Waals surface area contributed by atoms with E-state index in [0.29, 0.717) is 0 Å². The molecule has 0 radical (unpaired) electrons. The second-order valence-corrected chi connectivity index (χ2v) is 2.70. The van der Waals surface area contributed by atoms with Gasteiger partial charge >= 0.3 is 0 Å². The Morgan fingerprint density at radius 2 is 1.83 bits per heavy atom. The van der Waals surface area contributed by atoms with Gasteiger partial charge in [-0.3, -0.25) is 0 Å². The summed E-state index contributed by atoms with van der Waals surface area (Å²) in [5, 5.41) is 2.37. The van der Waals surface area contributed by atoms with E-state index in [4.69, 9.17) is 0 Å². The lowest BCUT2D eigenvalue weighted by Crippen LogP contribution is -2.86. The smallest absolute Gasteiger partial charge is 0.0847 e. The van der Waals surface area contributed by atoms with Crippen molar-refractivity contribution < 1.29 is 5.32 Å². The summed E-state index contributed by atoms with van der Waals surface area (Å²) < 4.78 is 0. The van der Waals surface area contributed by atoms with Gasteiger partial charge in [-0.05, 0) is 0 Å². The Morgan fingerprint density at radius 3 is 2.00 bits per heavy atom. The van der Waals surface area contributed by atoms with E-state index in [9.17, 15) is 0 Å². The van der Waals surface area contributed by atoms with Gasteiger partial charge in [0.1, 0.15) is 0 Å². The van der Waals surface area contributed by atoms with Crippen molar-refractivity contribution in [3.63, 3.8) is 0 Å². The summed E-state index contributed by atoms with van der Waals surface area (Å²) in [6.45, 7) is 2.68. The van der Waals surface area contributed by atoms with Crippen molar-refractivity contribution in [3.05, 3.63) is 0 Å². The van der Waals surface area contributed by atoms with E-state index in [-0.39, 0.29) is 0 Å². The summed E-state index contributed by atoms with van der Waals surface area (Å²) in [7, 11) is 0. The zero-order valence-electron chi connectivity index (χ0n) is 3.81. The first-order chi connectivity index (χ1) is 3.00. The number of rotatable bonds is 0. The van der Waals surface area contributed by atoms with E-state index in [1.807, 2.05) is 0 Å². The summed E-state index contributed by atoms with van der Waals surface area (Å²) in [5.41, 5.74) is 0. The van der Waals surface area contributed by atoms with Gasteiger partial charge < -0.3 is 5.32 Å². The van der Waals surface area contributed by atoms with Crippen molar-refractivity contribution in [1.82, 2.24) is 0 Å². The van der Waals surface area contributed by atoms with Gasteiger partial charge in [-0.25, -0.2) is 0 Å². The van der Waals surface area contributed by atoms with E-state index in [1.54, 1.807) is 0 Å². The number of thioether (sulfide) groups is 1. The molecule has 0 aromatic carbocycles. The SMILES string of the molecule is C1CSCC[NH2+]1. The topological polar surface area (TPSA) is 16.6 Å². The molecule has 0 unspecified atom stereocenters. The summed E-state index contributed by atoms with van der Waals surface area (Å²) in [4.78, 5) is 0. The Morgan fingerprint density at radius 1 is 1.17 bits per heavy atom. The summed E-state index contributed by atoms with van der Waals surface area (Å²) in [6, 6.07) is 0. The molecule has 0 amide bonds. The first kappa shape index (κ1) is 4.47. The van der Waals surface area contributed by atoms with E-state index >= 15 is 0 Å². The lowest BCUT2D eigenvalue weighted by molar-refractivity contribution is -0.648. The van der Waals surface area contributed by atoms with Crippen LogP contribution in [-0.2, 0) is 0 Å². The molecule has 0 aliphatic carbocycles. The molecular weight excluding hydrogens is 94.1 g/mol. The zero-order chi connectivity index (χ0) is 4.24. The molecule has 1 nitrogen and oxygen atoms in total. The van der Waals surface area contributed by atoms with Crippen molar-refractivity contribution in [2.24, 2.45) is 0 Å². The van der Waals surface area contributed by atoms with Crippen LogP contribution in [0.1, 0.15) is 0 Å².